The van der Waals surface area contributed by atoms with Crippen molar-refractivity contribution in [3.8, 4) is 5.75 Å². The number of ether oxygens (including phenoxy) is 6. The maximum Gasteiger partial charge on any atom is 0.118 e. The Bertz CT molecular complexity index is 1350. The molecule has 0 aromatic heterocycles. The van der Waals surface area contributed by atoms with Crippen LogP contribution in [0.1, 0.15) is 22.3 Å². The summed E-state index contributed by atoms with van der Waals surface area (Å²) in [5, 5.41) is 0. The molecule has 0 radical (unpaired) electrons. The van der Waals surface area contributed by atoms with Gasteiger partial charge in [0, 0.05) is 0 Å². The highest BCUT2D eigenvalue weighted by molar-refractivity contribution is 5.26. The van der Waals surface area contributed by atoms with Gasteiger partial charge in [0.2, 0.25) is 0 Å². The van der Waals surface area contributed by atoms with E-state index >= 15 is 0 Å². The molecule has 0 aliphatic carbocycles. The molecule has 6 heteroatoms. The lowest BCUT2D eigenvalue weighted by atomic mass is 9.94. The molecule has 0 N–H and O–H groups in total. The van der Waals surface area contributed by atoms with E-state index in [1.807, 2.05) is 91.0 Å². The Kier molecular flexibility index (Phi) is 11.5. The molecule has 0 amide bonds. The number of hydrogen-bond acceptors (Lipinski definition) is 6. The Hall–Kier alpha value is -3.78. The van der Waals surface area contributed by atoms with E-state index in [0.717, 1.165) is 28.0 Å². The Morgan fingerprint density at radius 1 is 0.581 bits per heavy atom. The highest BCUT2D eigenvalue weighted by Crippen LogP contribution is 2.31. The summed E-state index contributed by atoms with van der Waals surface area (Å²) >= 11 is 0. The van der Waals surface area contributed by atoms with E-state index in [0.29, 0.717) is 33.0 Å². The van der Waals surface area contributed by atoms with Crippen molar-refractivity contribution in [1.29, 1.82) is 0 Å². The van der Waals surface area contributed by atoms with Gasteiger partial charge in [0.05, 0.1) is 40.1 Å². The predicted octanol–water partition coefficient (Wildman–Crippen LogP) is 6.92. The Morgan fingerprint density at radius 3 is 1.56 bits per heavy atom. The molecule has 0 unspecified atom stereocenters. The molecule has 4 aromatic carbocycles. The van der Waals surface area contributed by atoms with E-state index in [1.165, 1.54) is 0 Å². The molecule has 0 spiro atoms. The summed E-state index contributed by atoms with van der Waals surface area (Å²) in [7, 11) is 1.66. The molecule has 4 aromatic rings. The van der Waals surface area contributed by atoms with Gasteiger partial charge >= 0.3 is 0 Å². The van der Waals surface area contributed by atoms with Crippen molar-refractivity contribution in [3.63, 3.8) is 0 Å². The fourth-order valence-electron chi connectivity index (χ4n) is 5.16. The summed E-state index contributed by atoms with van der Waals surface area (Å²) in [6.07, 6.45) is -0.428. The topological polar surface area (TPSA) is 55.4 Å². The molecule has 1 aliphatic rings. The highest BCUT2D eigenvalue weighted by Gasteiger charge is 2.47. The van der Waals surface area contributed by atoms with Crippen molar-refractivity contribution >= 4 is 0 Å². The molecular formula is C37H40O6. The van der Waals surface area contributed by atoms with Crippen LogP contribution in [-0.2, 0) is 50.1 Å². The normalized spacial score (nSPS) is 21.7. The zero-order chi connectivity index (χ0) is 29.7. The van der Waals surface area contributed by atoms with Crippen molar-refractivity contribution in [2.24, 2.45) is 0 Å². The highest BCUT2D eigenvalue weighted by atomic mass is 16.6. The second kappa shape index (κ2) is 16.2. The van der Waals surface area contributed by atoms with Gasteiger partial charge in [0.25, 0.3) is 0 Å². The first kappa shape index (κ1) is 30.7. The van der Waals surface area contributed by atoms with E-state index in [9.17, 15) is 0 Å². The first-order valence-electron chi connectivity index (χ1n) is 14.7. The zero-order valence-electron chi connectivity index (χ0n) is 24.6. The number of methoxy groups -OCH3 is 1. The summed E-state index contributed by atoms with van der Waals surface area (Å²) in [5.41, 5.74) is 4.24. The minimum Gasteiger partial charge on any atom is -0.497 e. The van der Waals surface area contributed by atoms with Crippen molar-refractivity contribution in [2.75, 3.05) is 13.7 Å². The van der Waals surface area contributed by atoms with E-state index in [4.69, 9.17) is 28.4 Å². The third kappa shape index (κ3) is 8.86. The fraction of sp³-hybridized carbons (Fsp3) is 0.297. The summed E-state index contributed by atoms with van der Waals surface area (Å²) in [6.45, 7) is 6.06. The van der Waals surface area contributed by atoms with Crippen LogP contribution in [0, 0.1) is 0 Å². The first-order chi connectivity index (χ1) is 21.2. The summed E-state index contributed by atoms with van der Waals surface area (Å²) in [6, 6.07) is 38.2. The smallest absolute Gasteiger partial charge is 0.118 e. The van der Waals surface area contributed by atoms with E-state index in [-0.39, 0.29) is 0 Å². The molecule has 1 fully saturated rings. The number of rotatable bonds is 15. The number of hydrogen-bond donors (Lipinski definition) is 0. The lowest BCUT2D eigenvalue weighted by Gasteiger charge is -2.45. The van der Waals surface area contributed by atoms with Gasteiger partial charge < -0.3 is 28.4 Å². The van der Waals surface area contributed by atoms with E-state index < -0.39 is 30.5 Å². The van der Waals surface area contributed by atoms with Gasteiger partial charge in [0.15, 0.2) is 0 Å². The quantitative estimate of drug-likeness (QED) is 0.142. The third-order valence-electron chi connectivity index (χ3n) is 7.47. The molecule has 1 heterocycles. The van der Waals surface area contributed by atoms with Gasteiger partial charge in [-0.3, -0.25) is 0 Å². The van der Waals surface area contributed by atoms with Gasteiger partial charge in [-0.25, -0.2) is 0 Å². The second-order valence-corrected chi connectivity index (χ2v) is 10.5. The van der Waals surface area contributed by atoms with Crippen molar-refractivity contribution in [1.82, 2.24) is 0 Å². The molecular weight excluding hydrogens is 540 g/mol. The first-order valence-corrected chi connectivity index (χ1v) is 14.7. The van der Waals surface area contributed by atoms with Gasteiger partial charge in [-0.2, -0.15) is 0 Å². The van der Waals surface area contributed by atoms with Crippen LogP contribution in [0.3, 0.4) is 0 Å². The minimum atomic E-state index is -0.463. The Morgan fingerprint density at radius 2 is 1.05 bits per heavy atom. The van der Waals surface area contributed by atoms with Crippen LogP contribution >= 0.6 is 0 Å². The van der Waals surface area contributed by atoms with E-state index in [1.54, 1.807) is 13.2 Å². The second-order valence-electron chi connectivity index (χ2n) is 10.5. The van der Waals surface area contributed by atoms with Crippen LogP contribution in [-0.4, -0.2) is 44.2 Å². The van der Waals surface area contributed by atoms with Gasteiger partial charge in [-0.1, -0.05) is 109 Å². The average molecular weight is 581 g/mol. The van der Waals surface area contributed by atoms with Gasteiger partial charge in [-0.05, 0) is 34.4 Å². The molecule has 5 atom stereocenters. The Balaban J connectivity index is 1.39. The molecule has 43 heavy (non-hydrogen) atoms. The molecule has 1 saturated heterocycles. The van der Waals surface area contributed by atoms with Crippen LogP contribution in [0.5, 0.6) is 5.75 Å². The molecule has 224 valence electrons. The molecule has 0 saturated carbocycles. The SMILES string of the molecule is C=C[C@@H]1O[C@H](COCc2ccccc2)[C@@H](OCc2ccccc2)[C@H](OCc2ccccc2)[C@H]1OCc1ccc(OC)cc1. The zero-order valence-corrected chi connectivity index (χ0v) is 24.6. The lowest BCUT2D eigenvalue weighted by Crippen LogP contribution is -2.60. The van der Waals surface area contributed by atoms with Crippen LogP contribution in [0.15, 0.2) is 128 Å². The lowest BCUT2D eigenvalue weighted by molar-refractivity contribution is -0.263. The standard InChI is InChI=1S/C37H40O6/c1-3-33-35(40-26-31-19-21-32(38-2)22-20-31)37(42-25-30-17-11-6-12-18-30)36(41-24-29-15-9-5-10-16-29)34(43-33)27-39-23-28-13-7-4-8-14-28/h3-22,33-37H,1,23-27H2,2H3/t33-,34+,35-,36+,37+/m0/s1. The molecule has 6 nitrogen and oxygen atoms in total. The number of benzene rings is 4. The van der Waals surface area contributed by atoms with Gasteiger partial charge in [-0.15, -0.1) is 6.58 Å². The summed E-state index contributed by atoms with van der Waals surface area (Å²) in [4.78, 5) is 0. The third-order valence-corrected chi connectivity index (χ3v) is 7.47. The predicted molar refractivity (Wildman–Crippen MR) is 167 cm³/mol. The van der Waals surface area contributed by atoms with Crippen LogP contribution in [0.4, 0.5) is 0 Å². The molecule has 0 bridgehead atoms. The minimum absolute atomic E-state index is 0.328. The largest absolute Gasteiger partial charge is 0.497 e. The monoisotopic (exact) mass is 580 g/mol. The summed E-state index contributed by atoms with van der Waals surface area (Å²) in [5.74, 6) is 0.797. The average Bonchev–Trinajstić information content (AvgIpc) is 3.07. The Labute approximate surface area is 254 Å². The summed E-state index contributed by atoms with van der Waals surface area (Å²) < 4.78 is 38.0. The fourth-order valence-corrected chi connectivity index (χ4v) is 5.16. The van der Waals surface area contributed by atoms with E-state index in [2.05, 4.69) is 30.8 Å². The van der Waals surface area contributed by atoms with Crippen molar-refractivity contribution in [3.05, 3.63) is 150 Å². The maximum absolute atomic E-state index is 6.68. The van der Waals surface area contributed by atoms with Crippen molar-refractivity contribution < 1.29 is 28.4 Å². The molecule has 1 aliphatic heterocycles. The maximum atomic E-state index is 6.68. The molecule has 5 rings (SSSR count). The van der Waals surface area contributed by atoms with Crippen LogP contribution in [0.2, 0.25) is 0 Å². The van der Waals surface area contributed by atoms with Gasteiger partial charge in [0.1, 0.15) is 36.3 Å². The van der Waals surface area contributed by atoms with Crippen molar-refractivity contribution in [2.45, 2.75) is 56.9 Å². The van der Waals surface area contributed by atoms with Crippen LogP contribution in [0.25, 0.3) is 0 Å². The van der Waals surface area contributed by atoms with Crippen LogP contribution < -0.4 is 4.74 Å².